The lowest BCUT2D eigenvalue weighted by atomic mass is 9.87. The van der Waals surface area contributed by atoms with Gasteiger partial charge in [-0.25, -0.2) is 9.18 Å². The molecule has 1 aromatic rings. The predicted molar refractivity (Wildman–Crippen MR) is 71.9 cm³/mol. The molecule has 0 spiro atoms. The third kappa shape index (κ3) is 4.52. The summed E-state index contributed by atoms with van der Waals surface area (Å²) in [6, 6.07) is 4.16. The van der Waals surface area contributed by atoms with E-state index in [1.54, 1.807) is 6.07 Å². The first-order chi connectivity index (χ1) is 8.87. The Kier molecular flexibility index (Phi) is 5.30. The van der Waals surface area contributed by atoms with Crippen molar-refractivity contribution in [1.29, 1.82) is 0 Å². The Morgan fingerprint density at radius 2 is 2.11 bits per heavy atom. The molecule has 0 saturated carbocycles. The largest absolute Gasteiger partial charge is 0.478 e. The van der Waals surface area contributed by atoms with Crippen LogP contribution in [0.25, 0.3) is 0 Å². The minimum absolute atomic E-state index is 0.106. The summed E-state index contributed by atoms with van der Waals surface area (Å²) in [5.41, 5.74) is -0.157. The minimum atomic E-state index is -1.28. The second-order valence-corrected chi connectivity index (χ2v) is 5.31. The zero-order chi connectivity index (χ0) is 14.5. The highest BCUT2D eigenvalue weighted by Crippen LogP contribution is 2.25. The Balaban J connectivity index is 2.78. The van der Waals surface area contributed by atoms with Gasteiger partial charge in [-0.2, -0.15) is 0 Å². The maximum absolute atomic E-state index is 13.5. The number of hydrogen-bond donors (Lipinski definition) is 3. The summed E-state index contributed by atoms with van der Waals surface area (Å²) < 4.78 is 13.5. The molecule has 4 nitrogen and oxygen atoms in total. The van der Waals surface area contributed by atoms with Crippen LogP contribution in [-0.4, -0.2) is 29.3 Å². The molecule has 0 saturated heterocycles. The van der Waals surface area contributed by atoms with Crippen molar-refractivity contribution in [1.82, 2.24) is 0 Å². The molecule has 0 aliphatic heterocycles. The molecule has 0 unspecified atom stereocenters. The summed E-state index contributed by atoms with van der Waals surface area (Å²) in [6.45, 7) is 4.66. The summed E-state index contributed by atoms with van der Waals surface area (Å²) in [5, 5.41) is 20.8. The van der Waals surface area contributed by atoms with Crippen LogP contribution in [0.2, 0.25) is 0 Å². The molecule has 5 heteroatoms. The average Bonchev–Trinajstić information content (AvgIpc) is 2.33. The third-order valence-electron chi connectivity index (χ3n) is 3.00. The Hall–Kier alpha value is -1.62. The summed E-state index contributed by atoms with van der Waals surface area (Å²) >= 11 is 0. The number of nitrogens with one attached hydrogen (secondary N) is 1. The fraction of sp³-hybridized carbons (Fsp3) is 0.500. The van der Waals surface area contributed by atoms with Crippen molar-refractivity contribution in [3.63, 3.8) is 0 Å². The van der Waals surface area contributed by atoms with Gasteiger partial charge in [0.05, 0.1) is 5.69 Å². The Labute approximate surface area is 112 Å². The van der Waals surface area contributed by atoms with Gasteiger partial charge in [-0.05, 0) is 30.4 Å². The van der Waals surface area contributed by atoms with Crippen LogP contribution in [0.5, 0.6) is 0 Å². The highest BCUT2D eigenvalue weighted by atomic mass is 19.1. The van der Waals surface area contributed by atoms with Crippen molar-refractivity contribution in [2.24, 2.45) is 5.41 Å². The lowest BCUT2D eigenvalue weighted by Crippen LogP contribution is -2.24. The molecule has 0 aliphatic carbocycles. The van der Waals surface area contributed by atoms with Gasteiger partial charge in [0.1, 0.15) is 11.4 Å². The number of anilines is 1. The van der Waals surface area contributed by atoms with Crippen LogP contribution in [0.4, 0.5) is 10.1 Å². The highest BCUT2D eigenvalue weighted by Gasteiger charge is 2.20. The van der Waals surface area contributed by atoms with Crippen molar-refractivity contribution in [2.45, 2.75) is 26.7 Å². The van der Waals surface area contributed by atoms with E-state index in [1.165, 1.54) is 6.07 Å². The summed E-state index contributed by atoms with van der Waals surface area (Å²) in [4.78, 5) is 11.0. The first-order valence-electron chi connectivity index (χ1n) is 6.24. The number of aromatic carboxylic acids is 1. The molecular weight excluding hydrogens is 249 g/mol. The molecule has 1 rings (SSSR count). The molecule has 0 bridgehead atoms. The first kappa shape index (κ1) is 15.4. The first-order valence-corrected chi connectivity index (χ1v) is 6.24. The molecular formula is C14H20FNO3. The quantitative estimate of drug-likeness (QED) is 0.712. The fourth-order valence-electron chi connectivity index (χ4n) is 1.87. The van der Waals surface area contributed by atoms with Gasteiger partial charge >= 0.3 is 5.97 Å². The van der Waals surface area contributed by atoms with Gasteiger partial charge in [0.2, 0.25) is 0 Å². The van der Waals surface area contributed by atoms with Crippen LogP contribution >= 0.6 is 0 Å². The van der Waals surface area contributed by atoms with Crippen molar-refractivity contribution < 1.29 is 19.4 Å². The van der Waals surface area contributed by atoms with E-state index in [-0.39, 0.29) is 23.3 Å². The molecule has 0 fully saturated rings. The SMILES string of the molecule is CC(C)(CCCO)CNc1cccc(F)c1C(=O)O. The number of carboxylic acids is 1. The number of carboxylic acid groups (broad SMARTS) is 1. The predicted octanol–water partition coefficient (Wildman–Crippen LogP) is 2.73. The second-order valence-electron chi connectivity index (χ2n) is 5.31. The minimum Gasteiger partial charge on any atom is -0.478 e. The van der Waals surface area contributed by atoms with E-state index in [0.717, 1.165) is 12.5 Å². The molecule has 106 valence electrons. The Morgan fingerprint density at radius 1 is 1.42 bits per heavy atom. The van der Waals surface area contributed by atoms with Gasteiger partial charge in [0.25, 0.3) is 0 Å². The van der Waals surface area contributed by atoms with E-state index in [2.05, 4.69) is 5.32 Å². The molecule has 1 aromatic carbocycles. The monoisotopic (exact) mass is 269 g/mol. The average molecular weight is 269 g/mol. The van der Waals surface area contributed by atoms with Gasteiger partial charge in [-0.15, -0.1) is 0 Å². The normalized spacial score (nSPS) is 11.4. The van der Waals surface area contributed by atoms with Crippen molar-refractivity contribution in [2.75, 3.05) is 18.5 Å². The van der Waals surface area contributed by atoms with Crippen molar-refractivity contribution in [3.8, 4) is 0 Å². The van der Waals surface area contributed by atoms with Gasteiger partial charge in [0.15, 0.2) is 0 Å². The highest BCUT2D eigenvalue weighted by molar-refractivity contribution is 5.94. The summed E-state index contributed by atoms with van der Waals surface area (Å²) in [5.74, 6) is -2.03. The van der Waals surface area contributed by atoms with Crippen LogP contribution in [0.1, 0.15) is 37.0 Å². The number of carbonyl (C=O) groups is 1. The lowest BCUT2D eigenvalue weighted by molar-refractivity contribution is 0.0693. The Morgan fingerprint density at radius 3 is 2.68 bits per heavy atom. The van der Waals surface area contributed by atoms with E-state index in [9.17, 15) is 9.18 Å². The van der Waals surface area contributed by atoms with Crippen LogP contribution in [0.15, 0.2) is 18.2 Å². The van der Waals surface area contributed by atoms with Crippen molar-refractivity contribution in [3.05, 3.63) is 29.6 Å². The van der Waals surface area contributed by atoms with Crippen molar-refractivity contribution >= 4 is 11.7 Å². The van der Waals surface area contributed by atoms with Crippen LogP contribution in [-0.2, 0) is 0 Å². The number of hydrogen-bond acceptors (Lipinski definition) is 3. The molecule has 3 N–H and O–H groups in total. The van der Waals surface area contributed by atoms with E-state index in [0.29, 0.717) is 13.0 Å². The van der Waals surface area contributed by atoms with Crippen LogP contribution in [0.3, 0.4) is 0 Å². The number of benzene rings is 1. The molecule has 0 radical (unpaired) electrons. The maximum atomic E-state index is 13.5. The number of aliphatic hydroxyl groups excluding tert-OH is 1. The van der Waals surface area contributed by atoms with E-state index in [4.69, 9.17) is 10.2 Å². The zero-order valence-electron chi connectivity index (χ0n) is 11.2. The standard InChI is InChI=1S/C14H20FNO3/c1-14(2,7-4-8-17)9-16-11-6-3-5-10(15)12(11)13(18)19/h3,5-6,16-17H,4,7-9H2,1-2H3,(H,18,19). The molecule has 0 amide bonds. The molecule has 0 atom stereocenters. The van der Waals surface area contributed by atoms with E-state index >= 15 is 0 Å². The molecule has 0 aromatic heterocycles. The second kappa shape index (κ2) is 6.52. The third-order valence-corrected chi connectivity index (χ3v) is 3.00. The van der Waals surface area contributed by atoms with Gasteiger partial charge in [0, 0.05) is 13.2 Å². The number of aliphatic hydroxyl groups is 1. The summed E-state index contributed by atoms with van der Waals surface area (Å²) in [7, 11) is 0. The van der Waals surface area contributed by atoms with Gasteiger partial charge in [-0.3, -0.25) is 0 Å². The van der Waals surface area contributed by atoms with Crippen LogP contribution in [0, 0.1) is 11.2 Å². The molecule has 0 aliphatic rings. The molecule has 19 heavy (non-hydrogen) atoms. The lowest BCUT2D eigenvalue weighted by Gasteiger charge is -2.25. The fourth-order valence-corrected chi connectivity index (χ4v) is 1.87. The summed E-state index contributed by atoms with van der Waals surface area (Å²) in [6.07, 6.45) is 1.48. The maximum Gasteiger partial charge on any atom is 0.340 e. The Bertz CT molecular complexity index is 446. The van der Waals surface area contributed by atoms with E-state index in [1.807, 2.05) is 13.8 Å². The van der Waals surface area contributed by atoms with Crippen LogP contribution < -0.4 is 5.32 Å². The zero-order valence-corrected chi connectivity index (χ0v) is 11.2. The number of halogens is 1. The van der Waals surface area contributed by atoms with Gasteiger partial charge < -0.3 is 15.5 Å². The smallest absolute Gasteiger partial charge is 0.340 e. The van der Waals surface area contributed by atoms with Gasteiger partial charge in [-0.1, -0.05) is 19.9 Å². The number of rotatable bonds is 7. The van der Waals surface area contributed by atoms with E-state index < -0.39 is 11.8 Å². The topological polar surface area (TPSA) is 69.6 Å². The molecule has 0 heterocycles.